The number of rotatable bonds is 3. The lowest BCUT2D eigenvalue weighted by atomic mass is 9.97. The number of hydrogen-bond donors (Lipinski definition) is 0. The summed E-state index contributed by atoms with van der Waals surface area (Å²) in [5, 5.41) is 0.683. The Morgan fingerprint density at radius 1 is 1.24 bits per heavy atom. The predicted octanol–water partition coefficient (Wildman–Crippen LogP) is 6.25. The topological polar surface area (TPSA) is 0 Å². The SMILES string of the molecule is CC(c1ccccc1)C(Cl)c1cc(Cl)c(Br)s1. The fourth-order valence-electron chi connectivity index (χ4n) is 1.67. The van der Waals surface area contributed by atoms with Gasteiger partial charge in [-0.25, -0.2) is 0 Å². The van der Waals surface area contributed by atoms with Crippen LogP contribution in [0.25, 0.3) is 0 Å². The summed E-state index contributed by atoms with van der Waals surface area (Å²) in [5.41, 5.74) is 1.24. The summed E-state index contributed by atoms with van der Waals surface area (Å²) in [6, 6.07) is 12.2. The minimum Gasteiger partial charge on any atom is -0.130 e. The molecule has 0 saturated heterocycles. The molecule has 2 rings (SSSR count). The molecule has 1 aromatic carbocycles. The normalized spacial score (nSPS) is 14.6. The van der Waals surface area contributed by atoms with Crippen LogP contribution in [0.4, 0.5) is 0 Å². The van der Waals surface area contributed by atoms with E-state index in [-0.39, 0.29) is 11.3 Å². The first-order valence-corrected chi connectivity index (χ1v) is 7.65. The molecule has 0 aliphatic rings. The van der Waals surface area contributed by atoms with E-state index in [1.165, 1.54) is 5.56 Å². The van der Waals surface area contributed by atoms with Gasteiger partial charge in [0.1, 0.15) is 0 Å². The second-order valence-electron chi connectivity index (χ2n) is 3.87. The van der Waals surface area contributed by atoms with Crippen LogP contribution in [0.3, 0.4) is 0 Å². The van der Waals surface area contributed by atoms with Crippen molar-refractivity contribution in [3.05, 3.63) is 55.6 Å². The molecule has 0 aliphatic heterocycles. The monoisotopic (exact) mass is 348 g/mol. The molecular formula is C13H11BrCl2S. The van der Waals surface area contributed by atoms with Crippen molar-refractivity contribution in [2.75, 3.05) is 0 Å². The molecule has 0 N–H and O–H groups in total. The first-order chi connectivity index (χ1) is 8.09. The summed E-state index contributed by atoms with van der Waals surface area (Å²) < 4.78 is 0.945. The van der Waals surface area contributed by atoms with E-state index in [2.05, 4.69) is 35.0 Å². The molecule has 2 aromatic rings. The largest absolute Gasteiger partial charge is 0.130 e. The first kappa shape index (κ1) is 13.4. The number of halogens is 3. The van der Waals surface area contributed by atoms with Crippen molar-refractivity contribution in [3.8, 4) is 0 Å². The maximum atomic E-state index is 6.51. The van der Waals surface area contributed by atoms with Gasteiger partial charge < -0.3 is 0 Å². The fraction of sp³-hybridized carbons (Fsp3) is 0.231. The zero-order chi connectivity index (χ0) is 12.4. The van der Waals surface area contributed by atoms with Crippen LogP contribution in [0.15, 0.2) is 40.2 Å². The van der Waals surface area contributed by atoms with Crippen LogP contribution < -0.4 is 0 Å². The number of thiophene rings is 1. The highest BCUT2D eigenvalue weighted by molar-refractivity contribution is 9.11. The van der Waals surface area contributed by atoms with Crippen LogP contribution in [-0.2, 0) is 0 Å². The van der Waals surface area contributed by atoms with Crippen molar-refractivity contribution in [3.63, 3.8) is 0 Å². The van der Waals surface area contributed by atoms with Crippen molar-refractivity contribution in [1.29, 1.82) is 0 Å². The summed E-state index contributed by atoms with van der Waals surface area (Å²) in [7, 11) is 0. The molecule has 0 bridgehead atoms. The Kier molecular flexibility index (Phi) is 4.53. The van der Waals surface area contributed by atoms with Crippen molar-refractivity contribution >= 4 is 50.5 Å². The van der Waals surface area contributed by atoms with E-state index < -0.39 is 0 Å². The van der Waals surface area contributed by atoms with Gasteiger partial charge in [0.15, 0.2) is 0 Å². The lowest BCUT2D eigenvalue weighted by Gasteiger charge is -2.16. The van der Waals surface area contributed by atoms with Crippen LogP contribution in [0, 0.1) is 0 Å². The number of alkyl halides is 1. The molecule has 2 atom stereocenters. The van der Waals surface area contributed by atoms with Gasteiger partial charge in [-0.3, -0.25) is 0 Å². The van der Waals surface area contributed by atoms with Gasteiger partial charge >= 0.3 is 0 Å². The maximum absolute atomic E-state index is 6.51. The summed E-state index contributed by atoms with van der Waals surface area (Å²) >= 11 is 17.6. The van der Waals surface area contributed by atoms with Gasteiger partial charge in [-0.05, 0) is 27.6 Å². The minimum atomic E-state index is -0.0498. The van der Waals surface area contributed by atoms with E-state index in [1.807, 2.05) is 24.3 Å². The van der Waals surface area contributed by atoms with Gasteiger partial charge in [-0.1, -0.05) is 48.9 Å². The fourth-order valence-corrected chi connectivity index (χ4v) is 3.84. The maximum Gasteiger partial charge on any atom is 0.0887 e. The van der Waals surface area contributed by atoms with E-state index >= 15 is 0 Å². The number of hydrogen-bond acceptors (Lipinski definition) is 1. The van der Waals surface area contributed by atoms with Gasteiger partial charge in [0.05, 0.1) is 14.2 Å². The van der Waals surface area contributed by atoms with Gasteiger partial charge in [-0.15, -0.1) is 22.9 Å². The van der Waals surface area contributed by atoms with Gasteiger partial charge in [-0.2, -0.15) is 0 Å². The third kappa shape index (κ3) is 3.05. The van der Waals surface area contributed by atoms with E-state index in [1.54, 1.807) is 11.3 Å². The van der Waals surface area contributed by atoms with Crippen molar-refractivity contribution < 1.29 is 0 Å². The molecule has 0 radical (unpaired) electrons. The second-order valence-corrected chi connectivity index (χ2v) is 7.15. The average Bonchev–Trinajstić information content (AvgIpc) is 2.69. The third-order valence-electron chi connectivity index (χ3n) is 2.70. The zero-order valence-corrected chi connectivity index (χ0v) is 13.1. The lowest BCUT2D eigenvalue weighted by molar-refractivity contribution is 0.742. The molecule has 0 spiro atoms. The minimum absolute atomic E-state index is 0.0498. The smallest absolute Gasteiger partial charge is 0.0887 e. The molecule has 0 nitrogen and oxygen atoms in total. The molecule has 0 saturated carbocycles. The van der Waals surface area contributed by atoms with Crippen LogP contribution in [-0.4, -0.2) is 0 Å². The summed E-state index contributed by atoms with van der Waals surface area (Å²) in [6.45, 7) is 2.13. The molecule has 90 valence electrons. The lowest BCUT2D eigenvalue weighted by Crippen LogP contribution is -2.00. The molecule has 4 heteroatoms. The molecule has 0 amide bonds. The second kappa shape index (κ2) is 5.75. The molecule has 1 heterocycles. The highest BCUT2D eigenvalue weighted by Crippen LogP contribution is 2.43. The van der Waals surface area contributed by atoms with E-state index in [0.29, 0.717) is 0 Å². The van der Waals surface area contributed by atoms with Crippen LogP contribution in [0.1, 0.15) is 28.7 Å². The van der Waals surface area contributed by atoms with Gasteiger partial charge in [0.25, 0.3) is 0 Å². The Morgan fingerprint density at radius 3 is 2.41 bits per heavy atom. The molecule has 0 fully saturated rings. The summed E-state index contributed by atoms with van der Waals surface area (Å²) in [6.07, 6.45) is 0. The van der Waals surface area contributed by atoms with E-state index in [9.17, 15) is 0 Å². The predicted molar refractivity (Wildman–Crippen MR) is 80.5 cm³/mol. The quantitative estimate of drug-likeness (QED) is 0.574. The van der Waals surface area contributed by atoms with E-state index in [0.717, 1.165) is 13.7 Å². The summed E-state index contributed by atoms with van der Waals surface area (Å²) in [4.78, 5) is 1.10. The molecule has 0 aliphatic carbocycles. The summed E-state index contributed by atoms with van der Waals surface area (Å²) in [5.74, 6) is 0.263. The van der Waals surface area contributed by atoms with Crippen molar-refractivity contribution in [1.82, 2.24) is 0 Å². The highest BCUT2D eigenvalue weighted by Gasteiger charge is 2.21. The Balaban J connectivity index is 2.23. The van der Waals surface area contributed by atoms with E-state index in [4.69, 9.17) is 23.2 Å². The van der Waals surface area contributed by atoms with Gasteiger partial charge in [0, 0.05) is 10.8 Å². The first-order valence-electron chi connectivity index (χ1n) is 5.23. The molecule has 17 heavy (non-hydrogen) atoms. The standard InChI is InChI=1S/C13H11BrCl2S/c1-8(9-5-3-2-4-6-9)12(16)11-7-10(15)13(14)17-11/h2-8,12H,1H3. The van der Waals surface area contributed by atoms with Gasteiger partial charge in [0.2, 0.25) is 0 Å². The molecule has 1 aromatic heterocycles. The number of benzene rings is 1. The molecular weight excluding hydrogens is 339 g/mol. The zero-order valence-electron chi connectivity index (χ0n) is 9.16. The Bertz CT molecular complexity index is 476. The molecule has 2 unspecified atom stereocenters. The average molecular weight is 350 g/mol. The van der Waals surface area contributed by atoms with Crippen molar-refractivity contribution in [2.45, 2.75) is 18.2 Å². The van der Waals surface area contributed by atoms with Crippen LogP contribution in [0.2, 0.25) is 5.02 Å². The van der Waals surface area contributed by atoms with Crippen LogP contribution >= 0.6 is 50.5 Å². The van der Waals surface area contributed by atoms with Crippen molar-refractivity contribution in [2.24, 2.45) is 0 Å². The Hall–Kier alpha value is -0.0200. The highest BCUT2D eigenvalue weighted by atomic mass is 79.9. The Labute approximate surface area is 124 Å². The van der Waals surface area contributed by atoms with Crippen LogP contribution in [0.5, 0.6) is 0 Å². The Morgan fingerprint density at radius 2 is 1.88 bits per heavy atom. The third-order valence-corrected chi connectivity index (χ3v) is 6.00.